The lowest BCUT2D eigenvalue weighted by Gasteiger charge is -2.08. The summed E-state index contributed by atoms with van der Waals surface area (Å²) < 4.78 is 5.23. The fraction of sp³-hybridized carbons (Fsp3) is 0.333. The Labute approximate surface area is 123 Å². The molecule has 0 aliphatic heterocycles. The third kappa shape index (κ3) is 3.46. The number of carbonyl (C=O) groups is 1. The zero-order chi connectivity index (χ0) is 14.4. The Morgan fingerprint density at radius 1 is 1.35 bits per heavy atom. The summed E-state index contributed by atoms with van der Waals surface area (Å²) in [5.41, 5.74) is 0.543. The molecule has 2 aromatic rings. The molecule has 0 radical (unpaired) electrons. The van der Waals surface area contributed by atoms with Gasteiger partial charge in [-0.05, 0) is 18.7 Å². The van der Waals surface area contributed by atoms with E-state index in [-0.39, 0.29) is 5.91 Å². The number of nitrogens with one attached hydrogen (secondary N) is 1. The maximum absolute atomic E-state index is 12.2. The molecule has 20 heavy (non-hydrogen) atoms. The van der Waals surface area contributed by atoms with Gasteiger partial charge in [-0.1, -0.05) is 35.9 Å². The quantitative estimate of drug-likeness (QED) is 0.658. The van der Waals surface area contributed by atoms with Crippen LogP contribution in [0.3, 0.4) is 0 Å². The van der Waals surface area contributed by atoms with E-state index >= 15 is 0 Å². The van der Waals surface area contributed by atoms with Crippen LogP contribution in [0.2, 0.25) is 5.15 Å². The number of amides is 1. The highest BCUT2D eigenvalue weighted by atomic mass is 35.5. The van der Waals surface area contributed by atoms with Gasteiger partial charge in [-0.25, -0.2) is 4.98 Å². The fourth-order valence-electron chi connectivity index (χ4n) is 1.95. The highest BCUT2D eigenvalue weighted by molar-refractivity contribution is 6.34. The molecule has 0 aliphatic carbocycles. The normalized spacial score (nSPS) is 10.7. The SMILES string of the molecule is CCOCCCNC(=O)c1cnc(Cl)c2ccccc12. The van der Waals surface area contributed by atoms with Crippen LogP contribution >= 0.6 is 11.6 Å². The van der Waals surface area contributed by atoms with Crippen molar-refractivity contribution in [1.29, 1.82) is 0 Å². The molecule has 2 rings (SSSR count). The van der Waals surface area contributed by atoms with E-state index in [4.69, 9.17) is 16.3 Å². The molecule has 1 N–H and O–H groups in total. The third-order valence-electron chi connectivity index (χ3n) is 2.95. The first-order valence-electron chi connectivity index (χ1n) is 6.63. The van der Waals surface area contributed by atoms with Crippen LogP contribution in [0.25, 0.3) is 10.8 Å². The van der Waals surface area contributed by atoms with E-state index in [0.29, 0.717) is 30.5 Å². The summed E-state index contributed by atoms with van der Waals surface area (Å²) in [4.78, 5) is 16.2. The molecule has 0 atom stereocenters. The Kier molecular flexibility index (Phi) is 5.32. The van der Waals surface area contributed by atoms with Crippen molar-refractivity contribution in [2.75, 3.05) is 19.8 Å². The van der Waals surface area contributed by atoms with Crippen LogP contribution in [0.1, 0.15) is 23.7 Å². The zero-order valence-corrected chi connectivity index (χ0v) is 12.1. The van der Waals surface area contributed by atoms with Crippen molar-refractivity contribution in [2.45, 2.75) is 13.3 Å². The molecule has 1 heterocycles. The first-order chi connectivity index (χ1) is 9.74. The summed E-state index contributed by atoms with van der Waals surface area (Å²) >= 11 is 6.04. The van der Waals surface area contributed by atoms with Gasteiger partial charge >= 0.3 is 0 Å². The van der Waals surface area contributed by atoms with Gasteiger partial charge < -0.3 is 10.1 Å². The van der Waals surface area contributed by atoms with Gasteiger partial charge in [0, 0.05) is 31.3 Å². The number of pyridine rings is 1. The van der Waals surface area contributed by atoms with Crippen LogP contribution in [-0.4, -0.2) is 30.6 Å². The zero-order valence-electron chi connectivity index (χ0n) is 11.4. The molecule has 4 nitrogen and oxygen atoms in total. The highest BCUT2D eigenvalue weighted by Gasteiger charge is 2.11. The van der Waals surface area contributed by atoms with E-state index in [2.05, 4.69) is 10.3 Å². The minimum atomic E-state index is -0.137. The van der Waals surface area contributed by atoms with Gasteiger partial charge in [0.15, 0.2) is 0 Å². The van der Waals surface area contributed by atoms with E-state index in [1.165, 1.54) is 6.20 Å². The molecule has 0 aliphatic rings. The van der Waals surface area contributed by atoms with E-state index < -0.39 is 0 Å². The smallest absolute Gasteiger partial charge is 0.253 e. The van der Waals surface area contributed by atoms with E-state index in [0.717, 1.165) is 17.2 Å². The minimum Gasteiger partial charge on any atom is -0.382 e. The number of fused-ring (bicyclic) bond motifs is 1. The minimum absolute atomic E-state index is 0.137. The molecule has 0 saturated heterocycles. The summed E-state index contributed by atoms with van der Waals surface area (Å²) in [6, 6.07) is 7.48. The maximum Gasteiger partial charge on any atom is 0.253 e. The monoisotopic (exact) mass is 292 g/mol. The number of hydrogen-bond donors (Lipinski definition) is 1. The van der Waals surface area contributed by atoms with Crippen molar-refractivity contribution in [3.63, 3.8) is 0 Å². The van der Waals surface area contributed by atoms with Crippen LogP contribution in [0.5, 0.6) is 0 Å². The first-order valence-corrected chi connectivity index (χ1v) is 7.01. The number of aromatic nitrogens is 1. The second-order valence-electron chi connectivity index (χ2n) is 4.31. The summed E-state index contributed by atoms with van der Waals surface area (Å²) in [7, 11) is 0. The molecule has 1 aromatic heterocycles. The molecule has 0 fully saturated rings. The summed E-state index contributed by atoms with van der Waals surface area (Å²) in [6.45, 7) is 3.87. The summed E-state index contributed by atoms with van der Waals surface area (Å²) in [5, 5.41) is 4.88. The van der Waals surface area contributed by atoms with Gasteiger partial charge in [0.05, 0.1) is 5.56 Å². The molecular weight excluding hydrogens is 276 g/mol. The Morgan fingerprint density at radius 2 is 2.10 bits per heavy atom. The first kappa shape index (κ1) is 14.8. The lowest BCUT2D eigenvalue weighted by molar-refractivity contribution is 0.0945. The lowest BCUT2D eigenvalue weighted by Crippen LogP contribution is -2.25. The van der Waals surface area contributed by atoms with E-state index in [9.17, 15) is 4.79 Å². The standard InChI is InChI=1S/C15H17ClN2O2/c1-2-20-9-5-8-17-15(19)13-10-18-14(16)12-7-4-3-6-11(12)13/h3-4,6-7,10H,2,5,8-9H2,1H3,(H,17,19). The second-order valence-corrected chi connectivity index (χ2v) is 4.67. The van der Waals surface area contributed by atoms with Crippen LogP contribution in [0.4, 0.5) is 0 Å². The third-order valence-corrected chi connectivity index (χ3v) is 3.25. The van der Waals surface area contributed by atoms with Gasteiger partial charge in [0.25, 0.3) is 5.91 Å². The number of rotatable bonds is 6. The molecule has 0 unspecified atom stereocenters. The van der Waals surface area contributed by atoms with Crippen molar-refractivity contribution >= 4 is 28.3 Å². The largest absolute Gasteiger partial charge is 0.382 e. The topological polar surface area (TPSA) is 51.2 Å². The molecular formula is C15H17ClN2O2. The summed E-state index contributed by atoms with van der Waals surface area (Å²) in [6.07, 6.45) is 2.31. The van der Waals surface area contributed by atoms with E-state index in [1.54, 1.807) is 0 Å². The van der Waals surface area contributed by atoms with Gasteiger partial charge in [0.2, 0.25) is 0 Å². The Hall–Kier alpha value is -1.65. The van der Waals surface area contributed by atoms with Gasteiger partial charge in [-0.3, -0.25) is 4.79 Å². The number of halogens is 1. The van der Waals surface area contributed by atoms with Crippen LogP contribution in [0, 0.1) is 0 Å². The lowest BCUT2D eigenvalue weighted by atomic mass is 10.1. The van der Waals surface area contributed by atoms with E-state index in [1.807, 2.05) is 31.2 Å². The van der Waals surface area contributed by atoms with Crippen LogP contribution in [0.15, 0.2) is 30.5 Å². The number of nitrogens with zero attached hydrogens (tertiary/aromatic N) is 1. The molecule has 1 amide bonds. The number of benzene rings is 1. The van der Waals surface area contributed by atoms with Crippen molar-refractivity contribution < 1.29 is 9.53 Å². The average molecular weight is 293 g/mol. The molecule has 0 spiro atoms. The molecule has 0 saturated carbocycles. The van der Waals surface area contributed by atoms with Gasteiger partial charge in [-0.2, -0.15) is 0 Å². The number of ether oxygens (including phenoxy) is 1. The fourth-order valence-corrected chi connectivity index (χ4v) is 2.17. The van der Waals surface area contributed by atoms with Crippen molar-refractivity contribution in [1.82, 2.24) is 10.3 Å². The predicted octanol–water partition coefficient (Wildman–Crippen LogP) is 3.04. The number of hydrogen-bond acceptors (Lipinski definition) is 3. The molecule has 106 valence electrons. The Morgan fingerprint density at radius 3 is 2.85 bits per heavy atom. The Bertz CT molecular complexity index is 601. The maximum atomic E-state index is 12.2. The van der Waals surface area contributed by atoms with Crippen LogP contribution in [-0.2, 0) is 4.74 Å². The predicted molar refractivity (Wildman–Crippen MR) is 80.2 cm³/mol. The van der Waals surface area contributed by atoms with Crippen molar-refractivity contribution in [3.8, 4) is 0 Å². The molecule has 0 bridgehead atoms. The summed E-state index contributed by atoms with van der Waals surface area (Å²) in [5.74, 6) is -0.137. The van der Waals surface area contributed by atoms with Crippen molar-refractivity contribution in [3.05, 3.63) is 41.2 Å². The Balaban J connectivity index is 2.09. The van der Waals surface area contributed by atoms with Crippen LogP contribution < -0.4 is 5.32 Å². The van der Waals surface area contributed by atoms with Gasteiger partial charge in [0.1, 0.15) is 5.15 Å². The highest BCUT2D eigenvalue weighted by Crippen LogP contribution is 2.23. The molecule has 1 aromatic carbocycles. The van der Waals surface area contributed by atoms with Crippen molar-refractivity contribution in [2.24, 2.45) is 0 Å². The number of carbonyl (C=O) groups excluding carboxylic acids is 1. The molecule has 5 heteroatoms. The second kappa shape index (κ2) is 7.22. The average Bonchev–Trinajstić information content (AvgIpc) is 2.47. The van der Waals surface area contributed by atoms with Gasteiger partial charge in [-0.15, -0.1) is 0 Å².